The van der Waals surface area contributed by atoms with Crippen LogP contribution in [-0.2, 0) is 4.79 Å². The molecule has 1 saturated carbocycles. The standard InChI is InChI=1S/C10H16N2O2/c1-4-11-7-5-10(2,3)6-8(13)9(7)12-14/h14H,4-6H2,1-3H3/b11-7?,12-9+. The minimum Gasteiger partial charge on any atom is -0.410 e. The maximum Gasteiger partial charge on any atom is 0.186 e. The molecule has 0 bridgehead atoms. The quantitative estimate of drug-likeness (QED) is 0.512. The highest BCUT2D eigenvalue weighted by Crippen LogP contribution is 2.30. The summed E-state index contributed by atoms with van der Waals surface area (Å²) in [5, 5.41) is 11.7. The Kier molecular flexibility index (Phi) is 3.03. The molecule has 0 aromatic carbocycles. The summed E-state index contributed by atoms with van der Waals surface area (Å²) in [6, 6.07) is 0. The van der Waals surface area contributed by atoms with Gasteiger partial charge < -0.3 is 5.21 Å². The van der Waals surface area contributed by atoms with Gasteiger partial charge in [-0.25, -0.2) is 0 Å². The average Bonchev–Trinajstić information content (AvgIpc) is 2.02. The molecule has 4 nitrogen and oxygen atoms in total. The van der Waals surface area contributed by atoms with E-state index in [1.165, 1.54) is 0 Å². The minimum absolute atomic E-state index is 0.0702. The third kappa shape index (κ3) is 2.19. The lowest BCUT2D eigenvalue weighted by molar-refractivity contribution is -0.114. The van der Waals surface area contributed by atoms with E-state index in [2.05, 4.69) is 10.1 Å². The summed E-state index contributed by atoms with van der Waals surface area (Å²) in [7, 11) is 0. The predicted molar refractivity (Wildman–Crippen MR) is 55.2 cm³/mol. The van der Waals surface area contributed by atoms with Gasteiger partial charge in [-0.3, -0.25) is 9.79 Å². The van der Waals surface area contributed by atoms with Gasteiger partial charge in [-0.2, -0.15) is 0 Å². The lowest BCUT2D eigenvalue weighted by atomic mass is 9.75. The first kappa shape index (κ1) is 10.9. The van der Waals surface area contributed by atoms with Gasteiger partial charge in [0.2, 0.25) is 0 Å². The molecule has 1 aliphatic carbocycles. The van der Waals surface area contributed by atoms with Gasteiger partial charge in [0.1, 0.15) is 0 Å². The van der Waals surface area contributed by atoms with Crippen LogP contribution in [0, 0.1) is 5.41 Å². The molecular weight excluding hydrogens is 180 g/mol. The van der Waals surface area contributed by atoms with Crippen molar-refractivity contribution < 1.29 is 10.0 Å². The zero-order valence-corrected chi connectivity index (χ0v) is 8.87. The van der Waals surface area contributed by atoms with Crippen LogP contribution < -0.4 is 0 Å². The number of oxime groups is 1. The van der Waals surface area contributed by atoms with Gasteiger partial charge in [0.05, 0.1) is 5.71 Å². The molecule has 0 aromatic rings. The van der Waals surface area contributed by atoms with Crippen LogP contribution in [0.25, 0.3) is 0 Å². The fourth-order valence-corrected chi connectivity index (χ4v) is 1.71. The fraction of sp³-hybridized carbons (Fsp3) is 0.700. The van der Waals surface area contributed by atoms with Gasteiger partial charge in [0.15, 0.2) is 11.5 Å². The van der Waals surface area contributed by atoms with Crippen molar-refractivity contribution in [2.45, 2.75) is 33.6 Å². The molecule has 1 rings (SSSR count). The van der Waals surface area contributed by atoms with E-state index in [0.29, 0.717) is 25.1 Å². The number of hydrogen-bond acceptors (Lipinski definition) is 4. The van der Waals surface area contributed by atoms with E-state index in [-0.39, 0.29) is 16.9 Å². The number of nitrogens with zero attached hydrogens (tertiary/aromatic N) is 2. The van der Waals surface area contributed by atoms with E-state index in [1.54, 1.807) is 0 Å². The third-order valence-electron chi connectivity index (χ3n) is 2.27. The van der Waals surface area contributed by atoms with E-state index in [4.69, 9.17) is 5.21 Å². The van der Waals surface area contributed by atoms with E-state index < -0.39 is 0 Å². The van der Waals surface area contributed by atoms with Gasteiger partial charge in [0.25, 0.3) is 0 Å². The van der Waals surface area contributed by atoms with Crippen molar-refractivity contribution in [3.05, 3.63) is 0 Å². The summed E-state index contributed by atoms with van der Waals surface area (Å²) in [6.45, 7) is 6.54. The topological polar surface area (TPSA) is 62.0 Å². The number of hydrogen-bond donors (Lipinski definition) is 1. The molecular formula is C10H16N2O2. The maximum absolute atomic E-state index is 11.6. The lowest BCUT2D eigenvalue weighted by Gasteiger charge is -2.29. The molecule has 4 heteroatoms. The molecule has 0 amide bonds. The van der Waals surface area contributed by atoms with Crippen molar-refractivity contribution in [2.24, 2.45) is 15.6 Å². The third-order valence-corrected chi connectivity index (χ3v) is 2.27. The maximum atomic E-state index is 11.6. The highest BCUT2D eigenvalue weighted by Gasteiger charge is 2.35. The Labute approximate surface area is 83.7 Å². The number of aliphatic imine (C=N–C) groups is 1. The van der Waals surface area contributed by atoms with Crippen LogP contribution in [0.2, 0.25) is 0 Å². The molecule has 0 saturated heterocycles. The molecule has 0 heterocycles. The average molecular weight is 196 g/mol. The van der Waals surface area contributed by atoms with Crippen molar-refractivity contribution in [2.75, 3.05) is 6.54 Å². The second-order valence-corrected chi connectivity index (χ2v) is 4.31. The highest BCUT2D eigenvalue weighted by molar-refractivity contribution is 6.68. The van der Waals surface area contributed by atoms with Crippen LogP contribution in [0.3, 0.4) is 0 Å². The second kappa shape index (κ2) is 3.90. The Morgan fingerprint density at radius 3 is 2.57 bits per heavy atom. The Hall–Kier alpha value is -1.19. The van der Waals surface area contributed by atoms with E-state index in [9.17, 15) is 4.79 Å². The van der Waals surface area contributed by atoms with Crippen LogP contribution in [0.15, 0.2) is 10.1 Å². The Bertz CT molecular complexity index is 303. The van der Waals surface area contributed by atoms with Crippen LogP contribution >= 0.6 is 0 Å². The number of carbonyl (C=O) groups excluding carboxylic acids is 1. The summed E-state index contributed by atoms with van der Waals surface area (Å²) in [5.74, 6) is -0.115. The van der Waals surface area contributed by atoms with E-state index in [0.717, 1.165) is 0 Å². The molecule has 1 fully saturated rings. The first-order valence-electron chi connectivity index (χ1n) is 4.79. The summed E-state index contributed by atoms with van der Waals surface area (Å²) < 4.78 is 0. The summed E-state index contributed by atoms with van der Waals surface area (Å²) in [5.41, 5.74) is 0.710. The Balaban J connectivity index is 3.01. The SMILES string of the molecule is CCN=C1CC(C)(C)CC(=O)/C1=N/O. The summed E-state index contributed by atoms with van der Waals surface area (Å²) in [6.07, 6.45) is 1.13. The second-order valence-electron chi connectivity index (χ2n) is 4.31. The predicted octanol–water partition coefficient (Wildman–Crippen LogP) is 1.67. The molecule has 14 heavy (non-hydrogen) atoms. The molecule has 0 unspecified atom stereocenters. The molecule has 0 atom stereocenters. The summed E-state index contributed by atoms with van der Waals surface area (Å²) in [4.78, 5) is 15.7. The van der Waals surface area contributed by atoms with E-state index >= 15 is 0 Å². The zero-order chi connectivity index (χ0) is 10.8. The van der Waals surface area contributed by atoms with Gasteiger partial charge in [-0.15, -0.1) is 0 Å². The normalized spacial score (nSPS) is 27.2. The van der Waals surface area contributed by atoms with Gasteiger partial charge in [-0.05, 0) is 18.8 Å². The molecule has 0 spiro atoms. The van der Waals surface area contributed by atoms with Crippen molar-refractivity contribution in [1.29, 1.82) is 0 Å². The molecule has 0 aromatic heterocycles. The molecule has 78 valence electrons. The van der Waals surface area contributed by atoms with Crippen LogP contribution in [0.5, 0.6) is 0 Å². The van der Waals surface area contributed by atoms with Gasteiger partial charge in [0, 0.05) is 13.0 Å². The van der Waals surface area contributed by atoms with E-state index in [1.807, 2.05) is 20.8 Å². The molecule has 1 aliphatic rings. The van der Waals surface area contributed by atoms with Gasteiger partial charge in [-0.1, -0.05) is 19.0 Å². The lowest BCUT2D eigenvalue weighted by Crippen LogP contribution is -2.38. The van der Waals surface area contributed by atoms with Crippen molar-refractivity contribution in [3.63, 3.8) is 0 Å². The largest absolute Gasteiger partial charge is 0.410 e. The number of rotatable bonds is 1. The highest BCUT2D eigenvalue weighted by atomic mass is 16.4. The molecule has 0 radical (unpaired) electrons. The fourth-order valence-electron chi connectivity index (χ4n) is 1.71. The Morgan fingerprint density at radius 1 is 1.43 bits per heavy atom. The number of ketones is 1. The molecule has 0 aliphatic heterocycles. The van der Waals surface area contributed by atoms with Crippen molar-refractivity contribution in [3.8, 4) is 0 Å². The van der Waals surface area contributed by atoms with Gasteiger partial charge >= 0.3 is 0 Å². The number of Topliss-reactive ketones (excluding diaryl/α,β-unsaturated/α-hetero) is 1. The number of carbonyl (C=O) groups is 1. The Morgan fingerprint density at radius 2 is 2.07 bits per heavy atom. The smallest absolute Gasteiger partial charge is 0.186 e. The van der Waals surface area contributed by atoms with Crippen LogP contribution in [0.1, 0.15) is 33.6 Å². The monoisotopic (exact) mass is 196 g/mol. The first-order chi connectivity index (χ1) is 6.50. The summed E-state index contributed by atoms with van der Waals surface area (Å²) >= 11 is 0. The molecule has 1 N–H and O–H groups in total. The zero-order valence-electron chi connectivity index (χ0n) is 8.87. The van der Waals surface area contributed by atoms with Crippen LogP contribution in [-0.4, -0.2) is 29.0 Å². The first-order valence-corrected chi connectivity index (χ1v) is 4.79. The minimum atomic E-state index is -0.115. The van der Waals surface area contributed by atoms with Crippen molar-refractivity contribution >= 4 is 17.2 Å². The van der Waals surface area contributed by atoms with Crippen molar-refractivity contribution in [1.82, 2.24) is 0 Å². The van der Waals surface area contributed by atoms with Crippen LogP contribution in [0.4, 0.5) is 0 Å².